The number of alkyl halides is 1. The summed E-state index contributed by atoms with van der Waals surface area (Å²) in [6, 6.07) is 7.44. The Balaban J connectivity index is 1.86. The zero-order chi connectivity index (χ0) is 13.0. The van der Waals surface area contributed by atoms with Gasteiger partial charge in [0.1, 0.15) is 0 Å². The molecule has 1 N–H and O–H groups in total. The third-order valence-electron chi connectivity index (χ3n) is 5.03. The number of piperidine rings is 1. The van der Waals surface area contributed by atoms with E-state index in [0.717, 1.165) is 11.2 Å². The molecule has 0 spiro atoms. The van der Waals surface area contributed by atoms with Crippen LogP contribution in [0.3, 0.4) is 0 Å². The van der Waals surface area contributed by atoms with E-state index in [9.17, 15) is 0 Å². The van der Waals surface area contributed by atoms with Crippen molar-refractivity contribution in [3.05, 3.63) is 35.5 Å². The Morgan fingerprint density at radius 2 is 2.32 bits per heavy atom. The zero-order valence-electron chi connectivity index (χ0n) is 11.2. The third kappa shape index (κ3) is 1.71. The second kappa shape index (κ2) is 4.35. The fraction of sp³-hybridized carbons (Fsp3) is 0.500. The van der Waals surface area contributed by atoms with Gasteiger partial charge >= 0.3 is 0 Å². The number of rotatable bonds is 1. The summed E-state index contributed by atoms with van der Waals surface area (Å²) in [7, 11) is 2.30. The molecule has 0 radical (unpaired) electrons. The minimum Gasteiger partial charge on any atom is -0.361 e. The maximum absolute atomic E-state index is 3.68. The molecule has 3 heteroatoms. The lowest BCUT2D eigenvalue weighted by Gasteiger charge is -2.45. The van der Waals surface area contributed by atoms with Crippen molar-refractivity contribution in [2.75, 3.05) is 18.9 Å². The number of benzene rings is 1. The van der Waals surface area contributed by atoms with Crippen LogP contribution in [-0.4, -0.2) is 34.8 Å². The smallest absolute Gasteiger partial charge is 0.0459 e. The number of likely N-dealkylation sites (N-methyl/N-ethyl adjacent to an activating group) is 1. The number of aromatic amines is 1. The van der Waals surface area contributed by atoms with Crippen molar-refractivity contribution < 1.29 is 0 Å². The summed E-state index contributed by atoms with van der Waals surface area (Å²) >= 11 is 3.68. The maximum Gasteiger partial charge on any atom is 0.0459 e. The average Bonchev–Trinajstić information content (AvgIpc) is 2.85. The number of halogens is 1. The first kappa shape index (κ1) is 12.0. The minimum absolute atomic E-state index is 0.684. The number of nitrogens with one attached hydrogen (secondary N) is 1. The molecule has 0 bridgehead atoms. The standard InChI is InChI=1S/C16H19BrN2/c1-19-9-10(7-17)5-13-12-3-2-4-14-16(12)11(8-18-14)6-15(13)19/h2-4,8,10,13,15,18H,5-7,9H2,1H3/t10-,13+,15+/m0/s1. The first-order valence-electron chi connectivity index (χ1n) is 7.13. The Labute approximate surface area is 122 Å². The number of nitrogens with zero attached hydrogens (tertiary/aromatic N) is 1. The molecule has 100 valence electrons. The van der Waals surface area contributed by atoms with E-state index in [-0.39, 0.29) is 0 Å². The summed E-state index contributed by atoms with van der Waals surface area (Å²) in [5.74, 6) is 1.48. The Kier molecular flexibility index (Phi) is 2.75. The SMILES string of the molecule is CN1C[C@H](CBr)C[C@@H]2c3cccc4[nH]cc(c34)C[C@H]21. The van der Waals surface area contributed by atoms with Crippen molar-refractivity contribution in [1.29, 1.82) is 0 Å². The van der Waals surface area contributed by atoms with E-state index in [2.05, 4.69) is 57.3 Å². The molecule has 1 aliphatic carbocycles. The van der Waals surface area contributed by atoms with Crippen LogP contribution in [0.4, 0.5) is 0 Å². The zero-order valence-corrected chi connectivity index (χ0v) is 12.8. The Morgan fingerprint density at radius 3 is 3.16 bits per heavy atom. The second-order valence-electron chi connectivity index (χ2n) is 6.16. The van der Waals surface area contributed by atoms with Crippen molar-refractivity contribution in [3.63, 3.8) is 0 Å². The van der Waals surface area contributed by atoms with Crippen LogP contribution in [0.25, 0.3) is 10.9 Å². The van der Waals surface area contributed by atoms with Crippen LogP contribution in [-0.2, 0) is 6.42 Å². The molecule has 0 saturated carbocycles. The van der Waals surface area contributed by atoms with Gasteiger partial charge < -0.3 is 9.88 Å². The molecule has 1 saturated heterocycles. The monoisotopic (exact) mass is 318 g/mol. The number of hydrogen-bond acceptors (Lipinski definition) is 1. The van der Waals surface area contributed by atoms with E-state index in [0.29, 0.717) is 12.0 Å². The van der Waals surface area contributed by atoms with E-state index in [4.69, 9.17) is 0 Å². The predicted octanol–water partition coefficient (Wildman–Crippen LogP) is 3.52. The van der Waals surface area contributed by atoms with Gasteiger partial charge in [-0.05, 0) is 43.0 Å². The van der Waals surface area contributed by atoms with Gasteiger partial charge in [-0.1, -0.05) is 28.1 Å². The summed E-state index contributed by atoms with van der Waals surface area (Å²) in [5, 5.41) is 2.63. The average molecular weight is 319 g/mol. The largest absolute Gasteiger partial charge is 0.361 e. The van der Waals surface area contributed by atoms with Crippen molar-refractivity contribution in [1.82, 2.24) is 9.88 Å². The van der Waals surface area contributed by atoms with Crippen molar-refractivity contribution >= 4 is 26.8 Å². The van der Waals surface area contributed by atoms with E-state index in [1.807, 2.05) is 0 Å². The maximum atomic E-state index is 3.68. The number of likely N-dealkylation sites (tertiary alicyclic amines) is 1. The fourth-order valence-electron chi connectivity index (χ4n) is 4.17. The minimum atomic E-state index is 0.684. The summed E-state index contributed by atoms with van der Waals surface area (Å²) < 4.78 is 0. The molecule has 2 aliphatic rings. The summed E-state index contributed by atoms with van der Waals surface area (Å²) in [5.41, 5.74) is 4.40. The van der Waals surface area contributed by atoms with Gasteiger partial charge in [0, 0.05) is 40.9 Å². The fourth-order valence-corrected chi connectivity index (χ4v) is 4.63. The molecule has 1 aromatic carbocycles. The van der Waals surface area contributed by atoms with E-state index in [1.165, 1.54) is 35.9 Å². The van der Waals surface area contributed by atoms with Gasteiger partial charge in [-0.3, -0.25) is 0 Å². The predicted molar refractivity (Wildman–Crippen MR) is 83.1 cm³/mol. The number of aromatic nitrogens is 1. The van der Waals surface area contributed by atoms with Crippen molar-refractivity contribution in [2.24, 2.45) is 5.92 Å². The quantitative estimate of drug-likeness (QED) is 0.797. The number of fused-ring (bicyclic) bond motifs is 2. The highest BCUT2D eigenvalue weighted by atomic mass is 79.9. The molecule has 2 aromatic rings. The molecule has 0 amide bonds. The summed E-state index contributed by atoms with van der Waals surface area (Å²) in [6.07, 6.45) is 4.74. The summed E-state index contributed by atoms with van der Waals surface area (Å²) in [4.78, 5) is 6.02. The third-order valence-corrected chi connectivity index (χ3v) is 5.95. The lowest BCUT2D eigenvalue weighted by Crippen LogP contribution is -2.48. The molecule has 1 aliphatic heterocycles. The molecular formula is C16H19BrN2. The lowest BCUT2D eigenvalue weighted by molar-refractivity contribution is 0.121. The van der Waals surface area contributed by atoms with Crippen LogP contribution in [0.5, 0.6) is 0 Å². The Bertz CT molecular complexity index is 618. The van der Waals surface area contributed by atoms with Gasteiger partial charge in [0.15, 0.2) is 0 Å². The van der Waals surface area contributed by atoms with E-state index < -0.39 is 0 Å². The highest BCUT2D eigenvalue weighted by molar-refractivity contribution is 9.09. The van der Waals surface area contributed by atoms with Gasteiger partial charge in [-0.15, -0.1) is 0 Å². The molecule has 2 heterocycles. The van der Waals surface area contributed by atoms with Crippen molar-refractivity contribution in [3.8, 4) is 0 Å². The molecule has 4 rings (SSSR count). The van der Waals surface area contributed by atoms with E-state index >= 15 is 0 Å². The van der Waals surface area contributed by atoms with Crippen LogP contribution >= 0.6 is 15.9 Å². The Morgan fingerprint density at radius 1 is 1.42 bits per heavy atom. The van der Waals surface area contributed by atoms with Crippen LogP contribution in [0.1, 0.15) is 23.5 Å². The van der Waals surface area contributed by atoms with Gasteiger partial charge in [-0.25, -0.2) is 0 Å². The topological polar surface area (TPSA) is 19.0 Å². The summed E-state index contributed by atoms with van der Waals surface area (Å²) in [6.45, 7) is 1.22. The highest BCUT2D eigenvalue weighted by Gasteiger charge is 2.38. The molecule has 1 aromatic heterocycles. The molecule has 0 unspecified atom stereocenters. The molecule has 2 nitrogen and oxygen atoms in total. The molecule has 1 fully saturated rings. The van der Waals surface area contributed by atoms with Crippen LogP contribution < -0.4 is 0 Å². The highest BCUT2D eigenvalue weighted by Crippen LogP contribution is 2.44. The molecule has 19 heavy (non-hydrogen) atoms. The van der Waals surface area contributed by atoms with Crippen LogP contribution in [0.2, 0.25) is 0 Å². The van der Waals surface area contributed by atoms with Crippen LogP contribution in [0, 0.1) is 5.92 Å². The first-order valence-corrected chi connectivity index (χ1v) is 8.25. The molecule has 3 atom stereocenters. The van der Waals surface area contributed by atoms with Crippen LogP contribution in [0.15, 0.2) is 24.4 Å². The van der Waals surface area contributed by atoms with Crippen molar-refractivity contribution in [2.45, 2.75) is 24.8 Å². The first-order chi connectivity index (χ1) is 9.28. The number of H-pyrrole nitrogens is 1. The Hall–Kier alpha value is -0.800. The molecular weight excluding hydrogens is 300 g/mol. The number of hydrogen-bond donors (Lipinski definition) is 1. The van der Waals surface area contributed by atoms with Gasteiger partial charge in [-0.2, -0.15) is 0 Å². The second-order valence-corrected chi connectivity index (χ2v) is 6.80. The van der Waals surface area contributed by atoms with Gasteiger partial charge in [0.25, 0.3) is 0 Å². The normalized spacial score (nSPS) is 30.5. The van der Waals surface area contributed by atoms with Gasteiger partial charge in [0.2, 0.25) is 0 Å². The van der Waals surface area contributed by atoms with E-state index in [1.54, 1.807) is 5.56 Å². The lowest BCUT2D eigenvalue weighted by atomic mass is 9.73. The van der Waals surface area contributed by atoms with Gasteiger partial charge in [0.05, 0.1) is 0 Å².